The van der Waals surface area contributed by atoms with Crippen LogP contribution in [-0.2, 0) is 4.79 Å². The Hall–Kier alpha value is -0.750. The molecule has 0 aliphatic rings. The van der Waals surface area contributed by atoms with E-state index >= 15 is 0 Å². The molecule has 0 heterocycles. The standard InChI is InChI=1S/C8H11P.C6H11FO.C6H14/c1-7-4-3-5-8(6-7)9-2;1-3-5(2)6(8)4-7;1-4-6(3)5-2/h3-6,9H,1-2H3;5H,3-4H2,1-2H3;6H,4-5H2,1-3H3. The number of aryl methyl sites for hydroxylation is 1. The van der Waals surface area contributed by atoms with Gasteiger partial charge in [-0.05, 0) is 31.2 Å². The highest BCUT2D eigenvalue weighted by molar-refractivity contribution is 7.46. The number of Topliss-reactive ketones (excluding diaryl/α,β-unsaturated/α-hetero) is 1. The van der Waals surface area contributed by atoms with Crippen LogP contribution in [0.2, 0.25) is 0 Å². The molecule has 0 fully saturated rings. The summed E-state index contributed by atoms with van der Waals surface area (Å²) in [6.07, 6.45) is 3.40. The molecular weight excluding hydrogens is 306 g/mol. The molecule has 0 amide bonds. The maximum absolute atomic E-state index is 11.5. The predicted molar refractivity (Wildman–Crippen MR) is 105 cm³/mol. The zero-order chi connectivity index (χ0) is 18.3. The lowest BCUT2D eigenvalue weighted by molar-refractivity contribution is -0.123. The van der Waals surface area contributed by atoms with Crippen LogP contribution in [0.3, 0.4) is 0 Å². The Morgan fingerprint density at radius 1 is 1.13 bits per heavy atom. The van der Waals surface area contributed by atoms with Gasteiger partial charge < -0.3 is 0 Å². The predicted octanol–water partition coefficient (Wildman–Crippen LogP) is 5.94. The Morgan fingerprint density at radius 3 is 1.91 bits per heavy atom. The molecule has 0 saturated heterocycles. The highest BCUT2D eigenvalue weighted by Gasteiger charge is 2.07. The fourth-order valence-corrected chi connectivity index (χ4v) is 2.08. The van der Waals surface area contributed by atoms with Crippen molar-refractivity contribution in [2.45, 2.75) is 60.8 Å². The van der Waals surface area contributed by atoms with Gasteiger partial charge in [-0.1, -0.05) is 85.9 Å². The molecule has 0 spiro atoms. The Balaban J connectivity index is 0. The molecule has 2 atom stereocenters. The molecule has 0 bridgehead atoms. The van der Waals surface area contributed by atoms with Crippen LogP contribution < -0.4 is 5.30 Å². The van der Waals surface area contributed by atoms with E-state index in [2.05, 4.69) is 58.6 Å². The summed E-state index contributed by atoms with van der Waals surface area (Å²) < 4.78 is 11.5. The monoisotopic (exact) mass is 342 g/mol. The van der Waals surface area contributed by atoms with Gasteiger partial charge in [0.2, 0.25) is 0 Å². The molecule has 2 unspecified atom stereocenters. The second kappa shape index (κ2) is 16.1. The number of halogens is 1. The van der Waals surface area contributed by atoms with Gasteiger partial charge in [-0.3, -0.25) is 4.79 Å². The molecule has 134 valence electrons. The second-order valence-electron chi connectivity index (χ2n) is 5.95. The van der Waals surface area contributed by atoms with Gasteiger partial charge in [0, 0.05) is 5.92 Å². The van der Waals surface area contributed by atoms with Crippen molar-refractivity contribution in [3.63, 3.8) is 0 Å². The molecular formula is C20H36FOP. The molecule has 1 rings (SSSR count). The van der Waals surface area contributed by atoms with E-state index in [4.69, 9.17) is 0 Å². The third-order valence-electron chi connectivity index (χ3n) is 3.99. The van der Waals surface area contributed by atoms with Crippen LogP contribution in [0.5, 0.6) is 0 Å². The summed E-state index contributed by atoms with van der Waals surface area (Å²) in [6.45, 7) is 13.9. The van der Waals surface area contributed by atoms with E-state index in [0.717, 1.165) is 20.9 Å². The van der Waals surface area contributed by atoms with Gasteiger partial charge in [-0.25, -0.2) is 4.39 Å². The van der Waals surface area contributed by atoms with Crippen molar-refractivity contribution in [1.29, 1.82) is 0 Å². The first-order valence-electron chi connectivity index (χ1n) is 8.69. The first kappa shape index (κ1) is 24.5. The normalized spacial score (nSPS) is 11.5. The summed E-state index contributed by atoms with van der Waals surface area (Å²) in [7, 11) is 0.926. The zero-order valence-corrected chi connectivity index (χ0v) is 17.1. The number of ketones is 1. The number of rotatable bonds is 6. The van der Waals surface area contributed by atoms with Crippen LogP contribution in [0, 0.1) is 18.8 Å². The van der Waals surface area contributed by atoms with Crippen LogP contribution in [-0.4, -0.2) is 19.1 Å². The molecule has 23 heavy (non-hydrogen) atoms. The third kappa shape index (κ3) is 14.6. The number of benzene rings is 1. The summed E-state index contributed by atoms with van der Waals surface area (Å²) >= 11 is 0. The number of carbonyl (C=O) groups excluding carboxylic acids is 1. The van der Waals surface area contributed by atoms with Gasteiger partial charge in [0.05, 0.1) is 0 Å². The number of hydrogen-bond acceptors (Lipinski definition) is 1. The van der Waals surface area contributed by atoms with Crippen molar-refractivity contribution in [2.24, 2.45) is 11.8 Å². The van der Waals surface area contributed by atoms with E-state index in [1.807, 2.05) is 6.92 Å². The van der Waals surface area contributed by atoms with E-state index in [-0.39, 0.29) is 11.7 Å². The summed E-state index contributed by atoms with van der Waals surface area (Å²) in [4.78, 5) is 10.4. The van der Waals surface area contributed by atoms with E-state index in [1.54, 1.807) is 6.92 Å². The van der Waals surface area contributed by atoms with Gasteiger partial charge in [-0.15, -0.1) is 0 Å². The van der Waals surface area contributed by atoms with Crippen molar-refractivity contribution in [1.82, 2.24) is 0 Å². The smallest absolute Gasteiger partial charge is 0.166 e. The third-order valence-corrected chi connectivity index (χ3v) is 4.88. The lowest BCUT2D eigenvalue weighted by Crippen LogP contribution is -2.10. The van der Waals surface area contributed by atoms with Crippen molar-refractivity contribution in [2.75, 3.05) is 13.3 Å². The lowest BCUT2D eigenvalue weighted by atomic mass is 10.1. The van der Waals surface area contributed by atoms with Gasteiger partial charge in [0.15, 0.2) is 5.78 Å². The molecule has 1 aromatic rings. The summed E-state index contributed by atoms with van der Waals surface area (Å²) in [5, 5.41) is 1.45. The van der Waals surface area contributed by atoms with Crippen molar-refractivity contribution in [3.05, 3.63) is 29.8 Å². The van der Waals surface area contributed by atoms with Crippen LogP contribution in [0.15, 0.2) is 24.3 Å². The fraction of sp³-hybridized carbons (Fsp3) is 0.650. The molecule has 0 N–H and O–H groups in total. The quantitative estimate of drug-likeness (QED) is 0.585. The van der Waals surface area contributed by atoms with Gasteiger partial charge in [-0.2, -0.15) is 0 Å². The number of hydrogen-bond donors (Lipinski definition) is 0. The van der Waals surface area contributed by atoms with Crippen LogP contribution >= 0.6 is 8.58 Å². The highest BCUT2D eigenvalue weighted by Crippen LogP contribution is 2.04. The lowest BCUT2D eigenvalue weighted by Gasteiger charge is -2.00. The number of carbonyl (C=O) groups is 1. The Kier molecular flexibility index (Phi) is 17.2. The van der Waals surface area contributed by atoms with E-state index in [9.17, 15) is 9.18 Å². The molecule has 1 aromatic carbocycles. The minimum absolute atomic E-state index is 0.0972. The Labute approximate surface area is 145 Å². The van der Waals surface area contributed by atoms with Gasteiger partial charge in [0.25, 0.3) is 0 Å². The molecule has 0 aromatic heterocycles. The fourth-order valence-electron chi connectivity index (χ4n) is 1.45. The Morgan fingerprint density at radius 2 is 1.70 bits per heavy atom. The highest BCUT2D eigenvalue weighted by atomic mass is 31.1. The molecule has 3 heteroatoms. The molecule has 0 radical (unpaired) electrons. The largest absolute Gasteiger partial charge is 0.296 e. The number of alkyl halides is 1. The molecule has 1 nitrogen and oxygen atoms in total. The summed E-state index contributed by atoms with van der Waals surface area (Å²) in [5.41, 5.74) is 1.36. The van der Waals surface area contributed by atoms with Crippen molar-refractivity contribution >= 4 is 19.7 Å². The summed E-state index contributed by atoms with van der Waals surface area (Å²) in [5.74, 6) is 0.553. The van der Waals surface area contributed by atoms with E-state index < -0.39 is 6.67 Å². The SMILES string of the molecule is CCC(C)C(=O)CF.CCC(C)CC.CPc1cccc(C)c1. The minimum Gasteiger partial charge on any atom is -0.296 e. The minimum atomic E-state index is -0.811. The average molecular weight is 342 g/mol. The summed E-state index contributed by atoms with van der Waals surface area (Å²) in [6, 6.07) is 8.65. The zero-order valence-electron chi connectivity index (χ0n) is 16.1. The van der Waals surface area contributed by atoms with E-state index in [0.29, 0.717) is 0 Å². The second-order valence-corrected chi connectivity index (χ2v) is 7.03. The topological polar surface area (TPSA) is 17.1 Å². The van der Waals surface area contributed by atoms with Crippen LogP contribution in [0.25, 0.3) is 0 Å². The molecule has 0 aliphatic carbocycles. The Bertz CT molecular complexity index is 402. The van der Waals surface area contributed by atoms with E-state index in [1.165, 1.54) is 23.7 Å². The van der Waals surface area contributed by atoms with Crippen molar-refractivity contribution in [3.8, 4) is 0 Å². The van der Waals surface area contributed by atoms with Gasteiger partial charge >= 0.3 is 0 Å². The first-order chi connectivity index (χ1) is 10.9. The van der Waals surface area contributed by atoms with Crippen molar-refractivity contribution < 1.29 is 9.18 Å². The average Bonchev–Trinajstić information content (AvgIpc) is 2.60. The maximum atomic E-state index is 11.5. The maximum Gasteiger partial charge on any atom is 0.166 e. The molecule has 0 saturated carbocycles. The van der Waals surface area contributed by atoms with Gasteiger partial charge in [0.1, 0.15) is 6.67 Å². The molecule has 0 aliphatic heterocycles. The van der Waals surface area contributed by atoms with Crippen LogP contribution in [0.4, 0.5) is 4.39 Å². The van der Waals surface area contributed by atoms with Crippen LogP contribution in [0.1, 0.15) is 59.4 Å². The first-order valence-corrected chi connectivity index (χ1v) is 10.2.